The van der Waals surface area contributed by atoms with Gasteiger partial charge >= 0.3 is 6.18 Å². The molecule has 0 radical (unpaired) electrons. The molecular formula is C25H27F3N8O4. The predicted molar refractivity (Wildman–Crippen MR) is 138 cm³/mol. The van der Waals surface area contributed by atoms with Crippen LogP contribution >= 0.6 is 0 Å². The Morgan fingerprint density at radius 1 is 1.23 bits per heavy atom. The molecule has 0 bridgehead atoms. The molecule has 212 valence electrons. The average molecular weight is 561 g/mol. The Balaban J connectivity index is 1.63. The fourth-order valence-electron chi connectivity index (χ4n) is 4.12. The van der Waals surface area contributed by atoms with Crippen LogP contribution < -0.4 is 21.1 Å². The van der Waals surface area contributed by atoms with E-state index in [2.05, 4.69) is 25.7 Å². The highest BCUT2D eigenvalue weighted by Gasteiger charge is 2.36. The number of H-pyrrole nitrogens is 1. The third kappa shape index (κ3) is 6.05. The van der Waals surface area contributed by atoms with E-state index >= 15 is 0 Å². The summed E-state index contributed by atoms with van der Waals surface area (Å²) in [5.41, 5.74) is 5.65. The molecule has 40 heavy (non-hydrogen) atoms. The number of ether oxygens (including phenoxy) is 2. The van der Waals surface area contributed by atoms with Gasteiger partial charge in [0.15, 0.2) is 17.2 Å². The molecule has 0 aliphatic carbocycles. The van der Waals surface area contributed by atoms with Gasteiger partial charge < -0.3 is 25.8 Å². The van der Waals surface area contributed by atoms with Gasteiger partial charge in [-0.05, 0) is 31.5 Å². The first-order valence-electron chi connectivity index (χ1n) is 12.3. The number of anilines is 2. The van der Waals surface area contributed by atoms with Crippen LogP contribution in [0.3, 0.4) is 0 Å². The first-order chi connectivity index (χ1) is 19.3. The van der Waals surface area contributed by atoms with Crippen molar-refractivity contribution < 1.29 is 32.2 Å². The van der Waals surface area contributed by atoms with Gasteiger partial charge in [0, 0.05) is 36.7 Å². The quantitative estimate of drug-likeness (QED) is 0.142. The van der Waals surface area contributed by atoms with E-state index in [1.165, 1.54) is 29.1 Å². The average Bonchev–Trinajstić information content (AvgIpc) is 3.59. The van der Waals surface area contributed by atoms with Gasteiger partial charge in [-0.2, -0.15) is 18.3 Å². The molecule has 0 spiro atoms. The molecule has 0 fully saturated rings. The molecule has 0 unspecified atom stereocenters. The highest BCUT2D eigenvalue weighted by atomic mass is 19.4. The SMILES string of the molecule is CCc1c(C(=O)NCCOCCCN)ccc(Nc2nccn3c(-c4cn[nH]c4C(F)(F)F)cnc23)c1OC=O. The zero-order valence-electron chi connectivity index (χ0n) is 21.4. The molecule has 0 aliphatic rings. The topological polar surface area (TPSA) is 162 Å². The second-order valence-corrected chi connectivity index (χ2v) is 8.44. The number of aromatic amines is 1. The van der Waals surface area contributed by atoms with Crippen molar-refractivity contribution in [3.8, 4) is 17.0 Å². The number of nitrogens with zero attached hydrogens (tertiary/aromatic N) is 4. The third-order valence-corrected chi connectivity index (χ3v) is 5.93. The smallest absolute Gasteiger partial charge is 0.426 e. The maximum Gasteiger partial charge on any atom is 0.433 e. The Bertz CT molecular complexity index is 1480. The Labute approximate surface area is 226 Å². The number of amides is 1. The molecule has 0 saturated heterocycles. The normalized spacial score (nSPS) is 11.5. The van der Waals surface area contributed by atoms with Gasteiger partial charge in [0.05, 0.1) is 35.9 Å². The largest absolute Gasteiger partial charge is 0.433 e. The van der Waals surface area contributed by atoms with E-state index in [0.717, 1.165) is 12.6 Å². The molecule has 4 rings (SSSR count). The minimum Gasteiger partial charge on any atom is -0.426 e. The predicted octanol–water partition coefficient (Wildman–Crippen LogP) is 3.07. The number of nitrogens with two attached hydrogens (primary N) is 1. The number of halogens is 3. The Hall–Kier alpha value is -4.50. The minimum atomic E-state index is -4.65. The van der Waals surface area contributed by atoms with Gasteiger partial charge in [0.25, 0.3) is 12.4 Å². The molecule has 3 aromatic heterocycles. The van der Waals surface area contributed by atoms with Crippen LogP contribution in [0.15, 0.2) is 36.9 Å². The van der Waals surface area contributed by atoms with Crippen LogP contribution in [-0.4, -0.2) is 63.2 Å². The van der Waals surface area contributed by atoms with Gasteiger partial charge in [0.2, 0.25) is 0 Å². The molecule has 0 atom stereocenters. The van der Waals surface area contributed by atoms with Crippen LogP contribution in [0.5, 0.6) is 5.75 Å². The van der Waals surface area contributed by atoms with E-state index in [-0.39, 0.29) is 47.4 Å². The summed E-state index contributed by atoms with van der Waals surface area (Å²) in [6.07, 6.45) is 1.61. The van der Waals surface area contributed by atoms with Crippen LogP contribution in [0.1, 0.15) is 35.0 Å². The van der Waals surface area contributed by atoms with E-state index in [1.807, 2.05) is 5.10 Å². The van der Waals surface area contributed by atoms with Crippen molar-refractivity contribution in [2.75, 3.05) is 31.6 Å². The zero-order chi connectivity index (χ0) is 28.7. The summed E-state index contributed by atoms with van der Waals surface area (Å²) in [5, 5.41) is 11.3. The van der Waals surface area contributed by atoms with E-state index in [4.69, 9.17) is 15.2 Å². The lowest BCUT2D eigenvalue weighted by Gasteiger charge is -2.17. The first-order valence-corrected chi connectivity index (χ1v) is 12.3. The number of alkyl halides is 3. The van der Waals surface area contributed by atoms with Crippen molar-refractivity contribution >= 4 is 29.5 Å². The molecule has 1 amide bonds. The number of carbonyl (C=O) groups is 2. The Kier molecular flexibility index (Phi) is 8.96. The molecule has 5 N–H and O–H groups in total. The molecule has 0 saturated carbocycles. The van der Waals surface area contributed by atoms with E-state index in [9.17, 15) is 22.8 Å². The summed E-state index contributed by atoms with van der Waals surface area (Å²) >= 11 is 0. The molecule has 12 nitrogen and oxygen atoms in total. The summed E-state index contributed by atoms with van der Waals surface area (Å²) in [6.45, 7) is 3.64. The summed E-state index contributed by atoms with van der Waals surface area (Å²) in [5.74, 6) is -0.0927. The van der Waals surface area contributed by atoms with Gasteiger partial charge in [-0.3, -0.25) is 19.1 Å². The minimum absolute atomic E-state index is 0.106. The van der Waals surface area contributed by atoms with Crippen molar-refractivity contribution in [2.45, 2.75) is 25.9 Å². The molecule has 3 heterocycles. The van der Waals surface area contributed by atoms with E-state index < -0.39 is 11.9 Å². The second kappa shape index (κ2) is 12.6. The van der Waals surface area contributed by atoms with Gasteiger partial charge in [-0.1, -0.05) is 6.92 Å². The van der Waals surface area contributed by atoms with Crippen LogP contribution in [0.25, 0.3) is 16.9 Å². The molecule has 1 aromatic carbocycles. The van der Waals surface area contributed by atoms with E-state index in [1.54, 1.807) is 13.0 Å². The lowest BCUT2D eigenvalue weighted by molar-refractivity contribution is -0.140. The van der Waals surface area contributed by atoms with Crippen molar-refractivity contribution in [1.82, 2.24) is 29.9 Å². The van der Waals surface area contributed by atoms with Crippen LogP contribution in [0, 0.1) is 0 Å². The van der Waals surface area contributed by atoms with Crippen LogP contribution in [-0.2, 0) is 22.1 Å². The highest BCUT2D eigenvalue weighted by molar-refractivity contribution is 5.97. The second-order valence-electron chi connectivity index (χ2n) is 8.44. The molecule has 0 aliphatic heterocycles. The lowest BCUT2D eigenvalue weighted by atomic mass is 10.0. The molecule has 15 heteroatoms. The number of carbonyl (C=O) groups excluding carboxylic acids is 2. The summed E-state index contributed by atoms with van der Waals surface area (Å²) in [6, 6.07) is 3.11. The van der Waals surface area contributed by atoms with Crippen molar-refractivity contribution in [3.63, 3.8) is 0 Å². The van der Waals surface area contributed by atoms with Crippen molar-refractivity contribution in [1.29, 1.82) is 0 Å². The number of nitrogens with one attached hydrogen (secondary N) is 3. The fourth-order valence-corrected chi connectivity index (χ4v) is 4.12. The van der Waals surface area contributed by atoms with Crippen LogP contribution in [0.2, 0.25) is 0 Å². The number of hydrogen-bond acceptors (Lipinski definition) is 9. The van der Waals surface area contributed by atoms with Gasteiger partial charge in [-0.25, -0.2) is 9.97 Å². The van der Waals surface area contributed by atoms with Crippen LogP contribution in [0.4, 0.5) is 24.7 Å². The molecular weight excluding hydrogens is 533 g/mol. The number of imidazole rings is 1. The Morgan fingerprint density at radius 3 is 2.77 bits per heavy atom. The van der Waals surface area contributed by atoms with Gasteiger partial charge in [-0.15, -0.1) is 0 Å². The maximum atomic E-state index is 13.4. The van der Waals surface area contributed by atoms with Crippen molar-refractivity contribution in [3.05, 3.63) is 53.7 Å². The number of benzene rings is 1. The standard InChI is InChI=1S/C25H27F3N8O4/c1-2-15-16(24(38)31-8-11-39-10-3-6-29)4-5-18(20(15)40-14-37)34-22-23-32-13-19(36(23)9-7-30-22)17-12-33-35-21(17)25(26,27)28/h4-5,7,9,12-14H,2-3,6,8,10-11,29H2,1H3,(H,30,34)(H,31,38)(H,33,35). The van der Waals surface area contributed by atoms with Crippen molar-refractivity contribution in [2.24, 2.45) is 5.73 Å². The number of aromatic nitrogens is 5. The summed E-state index contributed by atoms with van der Waals surface area (Å²) in [4.78, 5) is 32.8. The monoisotopic (exact) mass is 560 g/mol. The Morgan fingerprint density at radius 2 is 2.05 bits per heavy atom. The first kappa shape index (κ1) is 28.5. The number of fused-ring (bicyclic) bond motifs is 1. The maximum absolute atomic E-state index is 13.4. The lowest BCUT2D eigenvalue weighted by Crippen LogP contribution is -2.28. The van der Waals surface area contributed by atoms with Gasteiger partial charge in [0.1, 0.15) is 5.69 Å². The zero-order valence-corrected chi connectivity index (χ0v) is 21.4. The fraction of sp³-hybridized carbons (Fsp3) is 0.320. The number of rotatable bonds is 13. The highest BCUT2D eigenvalue weighted by Crippen LogP contribution is 2.37. The number of hydrogen-bond donors (Lipinski definition) is 4. The molecule has 4 aromatic rings. The summed E-state index contributed by atoms with van der Waals surface area (Å²) in [7, 11) is 0. The summed E-state index contributed by atoms with van der Waals surface area (Å²) < 4.78 is 52.4. The van der Waals surface area contributed by atoms with E-state index in [0.29, 0.717) is 43.0 Å². The third-order valence-electron chi connectivity index (χ3n) is 5.93.